The number of fused-ring (bicyclic) bond motifs is 6. The lowest BCUT2D eigenvalue weighted by molar-refractivity contribution is -0.185. The Kier molecular flexibility index (Phi) is 2.85. The third-order valence-corrected chi connectivity index (χ3v) is 5.97. The molecule has 1 N–H and O–H groups in total. The largest absolute Gasteiger partial charge is 0.378 e. The van der Waals surface area contributed by atoms with E-state index in [9.17, 15) is 9.90 Å². The number of hydrogen-bond acceptors (Lipinski definition) is 3. The van der Waals surface area contributed by atoms with E-state index >= 15 is 0 Å². The Morgan fingerprint density at radius 1 is 1.11 bits per heavy atom. The Balaban J connectivity index is 1.64. The molecule has 0 radical (unpaired) electrons. The van der Waals surface area contributed by atoms with Crippen molar-refractivity contribution in [2.45, 2.75) is 63.3 Å². The van der Waals surface area contributed by atoms with Crippen LogP contribution in [0.1, 0.15) is 44.9 Å². The lowest BCUT2D eigenvalue weighted by atomic mass is 9.70. The highest BCUT2D eigenvalue weighted by Gasteiger charge is 2.52. The van der Waals surface area contributed by atoms with Crippen molar-refractivity contribution in [2.24, 2.45) is 11.8 Å². The fraction of sp³-hybridized carbons (Fsp3) is 0.933. The van der Waals surface area contributed by atoms with Crippen LogP contribution in [-0.2, 0) is 4.79 Å². The summed E-state index contributed by atoms with van der Waals surface area (Å²) in [5, 5.41) is 10.7. The Bertz CT molecular complexity index is 386. The summed E-state index contributed by atoms with van der Waals surface area (Å²) >= 11 is 0. The van der Waals surface area contributed by atoms with E-state index in [1.807, 2.05) is 0 Å². The first-order valence-electron chi connectivity index (χ1n) is 7.99. The van der Waals surface area contributed by atoms with Gasteiger partial charge in [0.15, 0.2) is 0 Å². The molecule has 2 unspecified atom stereocenters. The van der Waals surface area contributed by atoms with E-state index in [1.165, 1.54) is 19.3 Å². The summed E-state index contributed by atoms with van der Waals surface area (Å²) in [5.41, 5.74) is 0. The monoisotopic (exact) mass is 264 g/mol. The van der Waals surface area contributed by atoms with Crippen LogP contribution in [-0.4, -0.2) is 52.2 Å². The zero-order chi connectivity index (χ0) is 13.0. The van der Waals surface area contributed by atoms with Crippen molar-refractivity contribution >= 4 is 5.91 Å². The molecule has 0 aliphatic carbocycles. The van der Waals surface area contributed by atoms with Crippen LogP contribution in [0.25, 0.3) is 0 Å². The number of amides is 1. The van der Waals surface area contributed by atoms with E-state index in [2.05, 4.69) is 9.80 Å². The molecule has 4 saturated heterocycles. The molecule has 4 nitrogen and oxygen atoms in total. The Morgan fingerprint density at radius 3 is 2.84 bits per heavy atom. The number of rotatable bonds is 0. The summed E-state index contributed by atoms with van der Waals surface area (Å²) < 4.78 is 0. The van der Waals surface area contributed by atoms with Gasteiger partial charge >= 0.3 is 0 Å². The molecule has 4 aliphatic heterocycles. The maximum absolute atomic E-state index is 12.2. The summed E-state index contributed by atoms with van der Waals surface area (Å²) in [7, 11) is 0. The zero-order valence-corrected chi connectivity index (χ0v) is 11.5. The van der Waals surface area contributed by atoms with Gasteiger partial charge in [-0.15, -0.1) is 0 Å². The fourth-order valence-corrected chi connectivity index (χ4v) is 5.12. The van der Waals surface area contributed by atoms with Crippen molar-refractivity contribution in [1.82, 2.24) is 9.80 Å². The predicted molar refractivity (Wildman–Crippen MR) is 71.3 cm³/mol. The summed E-state index contributed by atoms with van der Waals surface area (Å²) in [6.07, 6.45) is 7.38. The minimum Gasteiger partial charge on any atom is -0.378 e. The molecule has 4 heterocycles. The first-order chi connectivity index (χ1) is 9.25. The minimum absolute atomic E-state index is 0.303. The van der Waals surface area contributed by atoms with E-state index in [0.29, 0.717) is 29.8 Å². The van der Waals surface area contributed by atoms with E-state index in [0.717, 1.165) is 38.8 Å². The Labute approximate surface area is 114 Å². The standard InChI is InChI=1S/C15H24N2O2/c18-14-6-3-5-13-11-8-10(9-17(13)14)12-4-1-2-7-16(12)15(11)19/h10-13,15,19H,1-9H2/t10-,11+,12?,13+,15?/m0/s1. The lowest BCUT2D eigenvalue weighted by Gasteiger charge is -2.58. The van der Waals surface area contributed by atoms with Crippen LogP contribution >= 0.6 is 0 Å². The predicted octanol–water partition coefficient (Wildman–Crippen LogP) is 1.19. The molecule has 106 valence electrons. The maximum Gasteiger partial charge on any atom is 0.222 e. The average Bonchev–Trinajstić information content (AvgIpc) is 2.45. The van der Waals surface area contributed by atoms with Crippen LogP contribution in [0.2, 0.25) is 0 Å². The average molecular weight is 264 g/mol. The summed E-state index contributed by atoms with van der Waals surface area (Å²) in [4.78, 5) is 16.6. The van der Waals surface area contributed by atoms with Gasteiger partial charge in [0, 0.05) is 37.5 Å². The number of aliphatic hydroxyl groups excluding tert-OH is 1. The molecule has 2 bridgehead atoms. The van der Waals surface area contributed by atoms with Crippen molar-refractivity contribution in [3.63, 3.8) is 0 Å². The molecule has 4 heteroatoms. The molecule has 0 aromatic rings. The number of nitrogens with zero attached hydrogens (tertiary/aromatic N) is 2. The van der Waals surface area contributed by atoms with Gasteiger partial charge in [0.2, 0.25) is 5.91 Å². The molecule has 0 spiro atoms. The lowest BCUT2D eigenvalue weighted by Crippen LogP contribution is -2.68. The second-order valence-electron chi connectivity index (χ2n) is 6.88. The van der Waals surface area contributed by atoms with Crippen LogP contribution < -0.4 is 0 Å². The van der Waals surface area contributed by atoms with Gasteiger partial charge in [0.25, 0.3) is 0 Å². The van der Waals surface area contributed by atoms with Crippen LogP contribution in [0, 0.1) is 11.8 Å². The van der Waals surface area contributed by atoms with Crippen molar-refractivity contribution in [3.05, 3.63) is 0 Å². The van der Waals surface area contributed by atoms with Crippen LogP contribution in [0.4, 0.5) is 0 Å². The first kappa shape index (κ1) is 12.2. The van der Waals surface area contributed by atoms with Crippen LogP contribution in [0.15, 0.2) is 0 Å². The minimum atomic E-state index is -0.305. The topological polar surface area (TPSA) is 43.8 Å². The van der Waals surface area contributed by atoms with Gasteiger partial charge in [-0.25, -0.2) is 0 Å². The summed E-state index contributed by atoms with van der Waals surface area (Å²) in [6.45, 7) is 2.01. The number of piperidine rings is 4. The van der Waals surface area contributed by atoms with Crippen molar-refractivity contribution in [2.75, 3.05) is 13.1 Å². The molecular weight excluding hydrogens is 240 g/mol. The van der Waals surface area contributed by atoms with E-state index in [1.54, 1.807) is 0 Å². The molecule has 0 saturated carbocycles. The van der Waals surface area contributed by atoms with Crippen LogP contribution in [0.5, 0.6) is 0 Å². The molecule has 19 heavy (non-hydrogen) atoms. The Hall–Kier alpha value is -0.610. The molecule has 0 aromatic heterocycles. The maximum atomic E-state index is 12.2. The molecular formula is C15H24N2O2. The Morgan fingerprint density at radius 2 is 1.95 bits per heavy atom. The summed E-state index contributed by atoms with van der Waals surface area (Å²) in [5.74, 6) is 1.24. The highest BCUT2D eigenvalue weighted by atomic mass is 16.3. The molecule has 4 fully saturated rings. The van der Waals surface area contributed by atoms with Crippen molar-refractivity contribution in [3.8, 4) is 0 Å². The number of hydrogen-bond donors (Lipinski definition) is 1. The van der Waals surface area contributed by atoms with Gasteiger partial charge in [-0.05, 0) is 38.0 Å². The molecule has 5 atom stereocenters. The van der Waals surface area contributed by atoms with Gasteiger partial charge in [0.1, 0.15) is 6.23 Å². The van der Waals surface area contributed by atoms with E-state index < -0.39 is 0 Å². The molecule has 1 amide bonds. The normalized spacial score (nSPS) is 46.7. The zero-order valence-electron chi connectivity index (χ0n) is 11.5. The van der Waals surface area contributed by atoms with E-state index in [4.69, 9.17) is 0 Å². The molecule has 0 aromatic carbocycles. The van der Waals surface area contributed by atoms with Gasteiger partial charge < -0.3 is 10.0 Å². The first-order valence-corrected chi connectivity index (χ1v) is 7.99. The number of aliphatic hydroxyl groups is 1. The highest BCUT2D eigenvalue weighted by Crippen LogP contribution is 2.45. The van der Waals surface area contributed by atoms with Crippen LogP contribution in [0.3, 0.4) is 0 Å². The van der Waals surface area contributed by atoms with Gasteiger partial charge in [0.05, 0.1) is 0 Å². The fourth-order valence-electron chi connectivity index (χ4n) is 5.12. The van der Waals surface area contributed by atoms with Crippen molar-refractivity contribution < 1.29 is 9.90 Å². The third kappa shape index (κ3) is 1.76. The highest BCUT2D eigenvalue weighted by molar-refractivity contribution is 5.77. The van der Waals surface area contributed by atoms with E-state index in [-0.39, 0.29) is 6.23 Å². The second-order valence-corrected chi connectivity index (χ2v) is 6.88. The quantitative estimate of drug-likeness (QED) is 0.715. The van der Waals surface area contributed by atoms with Crippen molar-refractivity contribution in [1.29, 1.82) is 0 Å². The third-order valence-electron chi connectivity index (χ3n) is 5.97. The van der Waals surface area contributed by atoms with Gasteiger partial charge in [-0.1, -0.05) is 6.42 Å². The number of carbonyl (C=O) groups excluding carboxylic acids is 1. The van der Waals surface area contributed by atoms with Gasteiger partial charge in [-0.2, -0.15) is 0 Å². The number of carbonyl (C=O) groups is 1. The SMILES string of the molecule is O=C1CCC[C@@H]2[C@H]3C[C@@H](CN12)C1CCCCN1C3O. The molecule has 4 rings (SSSR count). The van der Waals surface area contributed by atoms with Gasteiger partial charge in [-0.3, -0.25) is 9.69 Å². The molecule has 4 aliphatic rings. The summed E-state index contributed by atoms with van der Waals surface area (Å²) in [6, 6.07) is 0.839. The second kappa shape index (κ2) is 4.45. The smallest absolute Gasteiger partial charge is 0.222 e.